The second-order valence-corrected chi connectivity index (χ2v) is 7.98. The van der Waals surface area contributed by atoms with Gasteiger partial charge in [-0.05, 0) is 11.1 Å². The van der Waals surface area contributed by atoms with Gasteiger partial charge in [-0.25, -0.2) is 0 Å². The van der Waals surface area contributed by atoms with Gasteiger partial charge in [-0.15, -0.1) is 6.58 Å². The first kappa shape index (κ1) is 26.2. The van der Waals surface area contributed by atoms with Gasteiger partial charge in [0.2, 0.25) is 0 Å². The minimum Gasteiger partial charge on any atom is -0.468 e. The molecule has 0 amide bonds. The Morgan fingerprint density at radius 1 is 0.861 bits per heavy atom. The number of carbonyl (C=O) groups excluding carboxylic acids is 3. The van der Waals surface area contributed by atoms with Crippen LogP contribution in [0.2, 0.25) is 0 Å². The predicted octanol–water partition coefficient (Wildman–Crippen LogP) is 2.93. The lowest BCUT2D eigenvalue weighted by molar-refractivity contribution is -0.385. The fourth-order valence-electron chi connectivity index (χ4n) is 4.54. The smallest absolute Gasteiger partial charge is 0.318 e. The summed E-state index contributed by atoms with van der Waals surface area (Å²) >= 11 is 0. The Balaban J connectivity index is 2.26. The van der Waals surface area contributed by atoms with E-state index >= 15 is 0 Å². The molecule has 0 bridgehead atoms. The summed E-state index contributed by atoms with van der Waals surface area (Å²) in [6.45, 7) is 3.83. The number of nitro groups is 2. The van der Waals surface area contributed by atoms with E-state index in [0.29, 0.717) is 11.1 Å². The van der Waals surface area contributed by atoms with Crippen LogP contribution in [0.3, 0.4) is 0 Å². The van der Waals surface area contributed by atoms with Crippen molar-refractivity contribution in [3.8, 4) is 0 Å². The molecule has 0 aromatic heterocycles. The minimum absolute atomic E-state index is 0.0809. The molecule has 1 fully saturated rings. The lowest BCUT2D eigenvalue weighted by Crippen LogP contribution is -2.55. The maximum absolute atomic E-state index is 13.7. The van der Waals surface area contributed by atoms with Crippen molar-refractivity contribution >= 4 is 29.1 Å². The zero-order chi connectivity index (χ0) is 26.6. The summed E-state index contributed by atoms with van der Waals surface area (Å²) in [5, 5.41) is 22.3. The van der Waals surface area contributed by atoms with E-state index in [1.54, 1.807) is 4.90 Å². The van der Waals surface area contributed by atoms with E-state index in [9.17, 15) is 34.6 Å². The maximum atomic E-state index is 13.7. The van der Waals surface area contributed by atoms with Gasteiger partial charge in [-0.2, -0.15) is 0 Å². The summed E-state index contributed by atoms with van der Waals surface area (Å²) in [5.74, 6) is -5.48. The van der Waals surface area contributed by atoms with Crippen molar-refractivity contribution < 1.29 is 33.7 Å². The second kappa shape index (κ2) is 10.9. The number of hydrogen-bond donors (Lipinski definition) is 0. The zero-order valence-corrected chi connectivity index (χ0v) is 19.4. The number of piperidine rings is 1. The molecule has 0 spiro atoms. The number of esters is 2. The molecule has 188 valence electrons. The van der Waals surface area contributed by atoms with Crippen LogP contribution < -0.4 is 0 Å². The molecule has 2 aromatic rings. The number of non-ortho nitro benzene ring substituents is 2. The molecule has 3 rings (SSSR count). The molecule has 2 unspecified atom stereocenters. The Morgan fingerprint density at radius 3 is 1.50 bits per heavy atom. The lowest BCUT2D eigenvalue weighted by Gasteiger charge is -2.47. The summed E-state index contributed by atoms with van der Waals surface area (Å²) < 4.78 is 9.79. The van der Waals surface area contributed by atoms with Crippen molar-refractivity contribution in [2.45, 2.75) is 12.1 Å². The molecule has 1 aliphatic heterocycles. The molecule has 36 heavy (non-hydrogen) atoms. The Kier molecular flexibility index (Phi) is 7.90. The van der Waals surface area contributed by atoms with E-state index < -0.39 is 51.5 Å². The van der Waals surface area contributed by atoms with Crippen LogP contribution in [0, 0.1) is 32.1 Å². The van der Waals surface area contributed by atoms with E-state index in [1.165, 1.54) is 54.6 Å². The molecule has 0 radical (unpaired) electrons. The Labute approximate surface area is 205 Å². The van der Waals surface area contributed by atoms with Crippen LogP contribution in [0.25, 0.3) is 0 Å². The molecule has 2 aromatic carbocycles. The number of hydrogen-bond acceptors (Lipinski definition) is 10. The van der Waals surface area contributed by atoms with Gasteiger partial charge in [-0.3, -0.25) is 39.5 Å². The van der Waals surface area contributed by atoms with Crippen molar-refractivity contribution in [2.24, 2.45) is 11.8 Å². The number of ketones is 1. The standard InChI is InChI=1S/C24H23N3O9/c1-4-13-25-20(14-5-9-16(10-6-14)26(31)32)18(23(29)35-2)22(28)19(24(30)36-3)21(25)15-7-11-17(12-8-15)27(33)34/h4-12,18-21H,1,13H2,2-3H3/t18?,19?,20-,21-/m0/s1. The van der Waals surface area contributed by atoms with E-state index in [0.717, 1.165) is 14.2 Å². The van der Waals surface area contributed by atoms with Crippen LogP contribution in [-0.2, 0) is 23.9 Å². The van der Waals surface area contributed by atoms with Crippen LogP contribution in [0.5, 0.6) is 0 Å². The summed E-state index contributed by atoms with van der Waals surface area (Å²) in [4.78, 5) is 62.3. The SMILES string of the molecule is C=CCN1[C@@H](c2ccc([N+](=O)[O-])cc2)C(C(=O)OC)C(=O)C(C(=O)OC)[C@@H]1c1ccc([N+](=O)[O-])cc1. The Morgan fingerprint density at radius 2 is 1.22 bits per heavy atom. The quantitative estimate of drug-likeness (QED) is 0.174. The van der Waals surface area contributed by atoms with Crippen LogP contribution in [0.1, 0.15) is 23.2 Å². The monoisotopic (exact) mass is 497 g/mol. The van der Waals surface area contributed by atoms with Crippen LogP contribution in [0.15, 0.2) is 61.2 Å². The molecule has 0 saturated carbocycles. The van der Waals surface area contributed by atoms with Crippen molar-refractivity contribution in [1.29, 1.82) is 0 Å². The van der Waals surface area contributed by atoms with Gasteiger partial charge in [-0.1, -0.05) is 30.3 Å². The number of rotatable bonds is 8. The predicted molar refractivity (Wildman–Crippen MR) is 125 cm³/mol. The Hall–Kier alpha value is -4.45. The van der Waals surface area contributed by atoms with E-state index in [2.05, 4.69) is 6.58 Å². The molecule has 1 heterocycles. The molecule has 12 nitrogen and oxygen atoms in total. The van der Waals surface area contributed by atoms with Crippen LogP contribution >= 0.6 is 0 Å². The normalized spacial score (nSPS) is 21.9. The first-order valence-electron chi connectivity index (χ1n) is 10.7. The topological polar surface area (TPSA) is 159 Å². The first-order valence-corrected chi connectivity index (χ1v) is 10.7. The molecule has 0 aliphatic carbocycles. The van der Waals surface area contributed by atoms with Crippen molar-refractivity contribution in [3.05, 3.63) is 92.5 Å². The third kappa shape index (κ3) is 4.84. The zero-order valence-electron chi connectivity index (χ0n) is 19.4. The molecular weight excluding hydrogens is 474 g/mol. The van der Waals surface area contributed by atoms with E-state index in [-0.39, 0.29) is 17.9 Å². The lowest BCUT2D eigenvalue weighted by atomic mass is 9.72. The van der Waals surface area contributed by atoms with Crippen molar-refractivity contribution in [3.63, 3.8) is 0 Å². The van der Waals surface area contributed by atoms with Crippen LogP contribution in [-0.4, -0.2) is 53.2 Å². The van der Waals surface area contributed by atoms with Gasteiger partial charge in [0.15, 0.2) is 5.78 Å². The van der Waals surface area contributed by atoms with Crippen molar-refractivity contribution in [2.75, 3.05) is 20.8 Å². The number of Topliss-reactive ketones (excluding diaryl/α,β-unsaturated/α-hetero) is 1. The molecule has 1 saturated heterocycles. The van der Waals surface area contributed by atoms with E-state index in [4.69, 9.17) is 9.47 Å². The third-order valence-electron chi connectivity index (χ3n) is 6.10. The highest BCUT2D eigenvalue weighted by molar-refractivity contribution is 6.10. The van der Waals surface area contributed by atoms with Gasteiger partial charge in [0.05, 0.1) is 36.1 Å². The average molecular weight is 497 g/mol. The average Bonchev–Trinajstić information content (AvgIpc) is 2.88. The number of likely N-dealkylation sites (tertiary alicyclic amines) is 1. The van der Waals surface area contributed by atoms with Gasteiger partial charge in [0, 0.05) is 30.8 Å². The Bertz CT molecular complexity index is 1110. The largest absolute Gasteiger partial charge is 0.468 e. The van der Waals surface area contributed by atoms with Gasteiger partial charge in [0.25, 0.3) is 11.4 Å². The van der Waals surface area contributed by atoms with Gasteiger partial charge >= 0.3 is 11.9 Å². The summed E-state index contributed by atoms with van der Waals surface area (Å²) in [7, 11) is 2.21. The van der Waals surface area contributed by atoms with Crippen molar-refractivity contribution in [1.82, 2.24) is 4.90 Å². The summed E-state index contributed by atoms with van der Waals surface area (Å²) in [6.07, 6.45) is 1.51. The number of methoxy groups -OCH3 is 2. The highest BCUT2D eigenvalue weighted by Gasteiger charge is 2.55. The second-order valence-electron chi connectivity index (χ2n) is 7.98. The summed E-state index contributed by atoms with van der Waals surface area (Å²) in [5.41, 5.74) is 0.401. The number of carbonyl (C=O) groups is 3. The van der Waals surface area contributed by atoms with Crippen LogP contribution in [0.4, 0.5) is 11.4 Å². The van der Waals surface area contributed by atoms with E-state index in [1.807, 2.05) is 0 Å². The fourth-order valence-corrected chi connectivity index (χ4v) is 4.54. The van der Waals surface area contributed by atoms with Gasteiger partial charge < -0.3 is 9.47 Å². The number of ether oxygens (including phenoxy) is 2. The number of nitrogens with zero attached hydrogens (tertiary/aromatic N) is 3. The third-order valence-corrected chi connectivity index (χ3v) is 6.10. The first-order chi connectivity index (χ1) is 17.2. The maximum Gasteiger partial charge on any atom is 0.318 e. The van der Waals surface area contributed by atoms with Gasteiger partial charge in [0.1, 0.15) is 11.8 Å². The molecule has 12 heteroatoms. The highest BCUT2D eigenvalue weighted by atomic mass is 16.6. The number of nitro benzene ring substituents is 2. The number of benzene rings is 2. The highest BCUT2D eigenvalue weighted by Crippen LogP contribution is 2.47. The molecule has 4 atom stereocenters. The molecule has 1 aliphatic rings. The fraction of sp³-hybridized carbons (Fsp3) is 0.292. The molecular formula is C24H23N3O9. The summed E-state index contributed by atoms with van der Waals surface area (Å²) in [6, 6.07) is 8.68. The molecule has 0 N–H and O–H groups in total. The minimum atomic E-state index is -1.46.